The predicted octanol–water partition coefficient (Wildman–Crippen LogP) is 1.51. The second-order valence-electron chi connectivity index (χ2n) is 14.4. The first-order valence-electron chi connectivity index (χ1n) is 19.2. The standard InChI is InChI=1S/C41H44O21/c1-18(42)50-16-29-31(52-20(3)44)33(53-21(4)45)36(56-24(7)48)39(59-29)61-32-30(17-51-19(2)43)58-38(35(55-23(6)47)34(32)54-22(5)46)57-26-13-14-27-28(15-26)60-40-41(62-40,37(27)49)25-11-9-8-10-12-25/h8-15,29-36,38-40H,16-17H2,1-7H3/t29-,30-,31-,32-,33+,34+,35-,36-,38-,39+,40+,41+/m1/s1. The molecule has 0 amide bonds. The van der Waals surface area contributed by atoms with E-state index in [-0.39, 0.29) is 22.8 Å². The van der Waals surface area contributed by atoms with Crippen LogP contribution in [0.4, 0.5) is 0 Å². The minimum absolute atomic E-state index is 0.0123. The zero-order valence-electron chi connectivity index (χ0n) is 34.5. The van der Waals surface area contributed by atoms with Gasteiger partial charge in [-0.3, -0.25) is 38.4 Å². The average Bonchev–Trinajstić information content (AvgIpc) is 3.93. The summed E-state index contributed by atoms with van der Waals surface area (Å²) < 4.78 is 75.0. The molecule has 21 heteroatoms. The lowest BCUT2D eigenvalue weighted by Crippen LogP contribution is -2.67. The van der Waals surface area contributed by atoms with Crippen LogP contribution in [0.1, 0.15) is 64.4 Å². The molecule has 12 atom stereocenters. The fourth-order valence-electron chi connectivity index (χ4n) is 7.30. The number of carbonyl (C=O) groups excluding carboxylic acids is 8. The summed E-state index contributed by atoms with van der Waals surface area (Å²) in [6.45, 7) is 6.13. The van der Waals surface area contributed by atoms with Crippen LogP contribution in [-0.4, -0.2) is 128 Å². The normalized spacial score (nSPS) is 30.7. The minimum atomic E-state index is -1.86. The number of ketones is 1. The van der Waals surface area contributed by atoms with Gasteiger partial charge >= 0.3 is 41.8 Å². The number of carbonyl (C=O) groups is 8. The molecule has 0 N–H and O–H groups in total. The van der Waals surface area contributed by atoms with E-state index in [1.165, 1.54) is 18.2 Å². The van der Waals surface area contributed by atoms with Crippen molar-refractivity contribution in [1.82, 2.24) is 0 Å². The van der Waals surface area contributed by atoms with Crippen molar-refractivity contribution >= 4 is 47.6 Å². The smallest absolute Gasteiger partial charge is 0.303 e. The lowest BCUT2D eigenvalue weighted by Gasteiger charge is -2.48. The van der Waals surface area contributed by atoms with Crippen molar-refractivity contribution in [3.63, 3.8) is 0 Å². The van der Waals surface area contributed by atoms with Crippen molar-refractivity contribution in [1.29, 1.82) is 0 Å². The molecule has 0 aromatic heterocycles. The molecule has 6 rings (SSSR count). The van der Waals surface area contributed by atoms with Crippen LogP contribution in [0, 0.1) is 0 Å². The van der Waals surface area contributed by atoms with E-state index in [4.69, 9.17) is 61.6 Å². The molecule has 4 aliphatic rings. The number of hydrogen-bond acceptors (Lipinski definition) is 21. The van der Waals surface area contributed by atoms with E-state index in [9.17, 15) is 38.4 Å². The Morgan fingerprint density at radius 1 is 0.565 bits per heavy atom. The number of esters is 7. The molecule has 3 saturated heterocycles. The van der Waals surface area contributed by atoms with Crippen molar-refractivity contribution in [3.8, 4) is 11.5 Å². The van der Waals surface area contributed by atoms with Gasteiger partial charge in [-0.2, -0.15) is 0 Å². The van der Waals surface area contributed by atoms with E-state index < -0.39 is 128 Å². The molecule has 62 heavy (non-hydrogen) atoms. The Balaban J connectivity index is 1.36. The number of benzene rings is 2. The van der Waals surface area contributed by atoms with Crippen LogP contribution in [0.3, 0.4) is 0 Å². The van der Waals surface area contributed by atoms with Crippen molar-refractivity contribution in [2.24, 2.45) is 0 Å². The van der Waals surface area contributed by atoms with Gasteiger partial charge < -0.3 is 61.6 Å². The van der Waals surface area contributed by atoms with E-state index in [0.717, 1.165) is 48.5 Å². The zero-order valence-corrected chi connectivity index (χ0v) is 34.5. The van der Waals surface area contributed by atoms with Gasteiger partial charge in [-0.1, -0.05) is 30.3 Å². The molecule has 0 saturated carbocycles. The molecule has 3 fully saturated rings. The lowest BCUT2D eigenvalue weighted by molar-refractivity contribution is -0.354. The number of Topliss-reactive ketones (excluding diaryl/α,β-unsaturated/α-hetero) is 1. The van der Waals surface area contributed by atoms with Gasteiger partial charge in [-0.15, -0.1) is 0 Å². The highest BCUT2D eigenvalue weighted by Crippen LogP contribution is 2.54. The summed E-state index contributed by atoms with van der Waals surface area (Å²) in [6.07, 6.45) is -17.4. The van der Waals surface area contributed by atoms with Gasteiger partial charge in [0.25, 0.3) is 0 Å². The zero-order chi connectivity index (χ0) is 45.0. The first-order valence-corrected chi connectivity index (χ1v) is 19.2. The highest BCUT2D eigenvalue weighted by molar-refractivity contribution is 6.08. The van der Waals surface area contributed by atoms with Crippen molar-refractivity contribution < 1.29 is 99.9 Å². The fourth-order valence-corrected chi connectivity index (χ4v) is 7.30. The van der Waals surface area contributed by atoms with Crippen LogP contribution in [0.15, 0.2) is 48.5 Å². The summed E-state index contributed by atoms with van der Waals surface area (Å²) in [6, 6.07) is 13.1. The van der Waals surface area contributed by atoms with Crippen molar-refractivity contribution in [2.75, 3.05) is 13.2 Å². The number of epoxide rings is 1. The molecular formula is C41H44O21. The van der Waals surface area contributed by atoms with Gasteiger partial charge in [0.15, 0.2) is 30.7 Å². The maximum atomic E-state index is 13.7. The Morgan fingerprint density at radius 3 is 1.60 bits per heavy atom. The summed E-state index contributed by atoms with van der Waals surface area (Å²) in [5, 5.41) is 0. The largest absolute Gasteiger partial charge is 0.463 e. The SMILES string of the molecule is CC(=O)OC[C@H]1O[C@@H](O[C@H]2[C@H](OC(C)=O)[C@@H](OC(C)=O)[C@H](Oc3ccc4c(c3)O[C@H]3O[C@@]3(c3ccccc3)C4=O)O[C@@H]2COC(C)=O)[C@H](OC(C)=O)[C@@H](OC(C)=O)[C@@H]1OC(C)=O. The van der Waals surface area contributed by atoms with Crippen LogP contribution in [0.5, 0.6) is 11.5 Å². The van der Waals surface area contributed by atoms with Gasteiger partial charge in [0, 0.05) is 54.5 Å². The first kappa shape index (κ1) is 45.4. The minimum Gasteiger partial charge on any atom is -0.463 e. The van der Waals surface area contributed by atoms with E-state index in [1.54, 1.807) is 30.3 Å². The van der Waals surface area contributed by atoms with Crippen LogP contribution >= 0.6 is 0 Å². The molecule has 0 bridgehead atoms. The molecule has 4 heterocycles. The van der Waals surface area contributed by atoms with E-state index in [1.807, 2.05) is 0 Å². The predicted molar refractivity (Wildman–Crippen MR) is 198 cm³/mol. The molecular weight excluding hydrogens is 828 g/mol. The Labute approximate surface area is 353 Å². The fraction of sp³-hybridized carbons (Fsp3) is 0.512. The Kier molecular flexibility index (Phi) is 13.8. The Hall–Kier alpha value is -6.16. The first-order chi connectivity index (χ1) is 29.4. The van der Waals surface area contributed by atoms with Crippen LogP contribution in [-0.2, 0) is 91.3 Å². The molecule has 21 nitrogen and oxygen atoms in total. The summed E-state index contributed by atoms with van der Waals surface area (Å²) >= 11 is 0. The van der Waals surface area contributed by atoms with E-state index in [2.05, 4.69) is 0 Å². The van der Waals surface area contributed by atoms with Gasteiger partial charge in [0.2, 0.25) is 30.1 Å². The third kappa shape index (κ3) is 10.1. The monoisotopic (exact) mass is 872 g/mol. The van der Waals surface area contributed by atoms with E-state index >= 15 is 0 Å². The molecule has 2 aromatic carbocycles. The summed E-state index contributed by atoms with van der Waals surface area (Å²) in [5.74, 6) is -6.39. The van der Waals surface area contributed by atoms with Crippen LogP contribution in [0.2, 0.25) is 0 Å². The molecule has 2 aromatic rings. The topological polar surface area (TPSA) is 260 Å². The molecule has 4 aliphatic heterocycles. The second-order valence-corrected chi connectivity index (χ2v) is 14.4. The lowest BCUT2D eigenvalue weighted by atomic mass is 9.88. The average molecular weight is 873 g/mol. The maximum absolute atomic E-state index is 13.7. The summed E-state index contributed by atoms with van der Waals surface area (Å²) in [5.41, 5.74) is -0.535. The quantitative estimate of drug-likeness (QED) is 0.148. The molecule has 0 aliphatic carbocycles. The van der Waals surface area contributed by atoms with Gasteiger partial charge in [-0.25, -0.2) is 0 Å². The number of rotatable bonds is 14. The van der Waals surface area contributed by atoms with E-state index in [0.29, 0.717) is 5.56 Å². The number of fused-ring (bicyclic) bond motifs is 2. The molecule has 334 valence electrons. The third-order valence-electron chi connectivity index (χ3n) is 9.68. The molecule has 0 unspecified atom stereocenters. The highest BCUT2D eigenvalue weighted by Gasteiger charge is 2.69. The van der Waals surface area contributed by atoms with Gasteiger partial charge in [0.05, 0.1) is 5.56 Å². The van der Waals surface area contributed by atoms with Gasteiger partial charge in [-0.05, 0) is 17.7 Å². The molecule has 0 spiro atoms. The van der Waals surface area contributed by atoms with Crippen LogP contribution in [0.25, 0.3) is 0 Å². The second kappa shape index (κ2) is 18.8. The van der Waals surface area contributed by atoms with Crippen molar-refractivity contribution in [3.05, 3.63) is 59.7 Å². The number of ether oxygens (including phenoxy) is 13. The van der Waals surface area contributed by atoms with Crippen molar-refractivity contribution in [2.45, 2.75) is 122 Å². The Bertz CT molecular complexity index is 2070. The number of hydrogen-bond donors (Lipinski definition) is 0. The third-order valence-corrected chi connectivity index (χ3v) is 9.68. The summed E-state index contributed by atoms with van der Waals surface area (Å²) in [4.78, 5) is 101. The summed E-state index contributed by atoms with van der Waals surface area (Å²) in [7, 11) is 0. The molecule has 0 radical (unpaired) electrons. The van der Waals surface area contributed by atoms with Crippen LogP contribution < -0.4 is 9.47 Å². The highest BCUT2D eigenvalue weighted by atomic mass is 16.8. The maximum Gasteiger partial charge on any atom is 0.303 e. The Morgan fingerprint density at radius 2 is 1.05 bits per heavy atom. The van der Waals surface area contributed by atoms with Gasteiger partial charge in [0.1, 0.15) is 43.0 Å².